The smallest absolute Gasteiger partial charge is 0.265 e. The molecule has 3 heterocycles. The zero-order chi connectivity index (χ0) is 18.5. The van der Waals surface area contributed by atoms with Gasteiger partial charge in [0, 0.05) is 50.8 Å². The minimum absolute atomic E-state index is 0.00913. The van der Waals surface area contributed by atoms with E-state index in [4.69, 9.17) is 0 Å². The Bertz CT molecular complexity index is 800. The molecule has 26 heavy (non-hydrogen) atoms. The summed E-state index contributed by atoms with van der Waals surface area (Å²) in [5.74, 6) is 0.778. The van der Waals surface area contributed by atoms with Crippen LogP contribution < -0.4 is 20.7 Å². The number of anilines is 2. The molecule has 138 valence electrons. The van der Waals surface area contributed by atoms with Crippen LogP contribution in [0.3, 0.4) is 0 Å². The van der Waals surface area contributed by atoms with Crippen LogP contribution in [0, 0.1) is 0 Å². The summed E-state index contributed by atoms with van der Waals surface area (Å²) in [5, 5.41) is 2.78. The number of H-pyrrole nitrogens is 1. The number of aromatic nitrogens is 4. The van der Waals surface area contributed by atoms with Gasteiger partial charge in [0.2, 0.25) is 11.9 Å². The van der Waals surface area contributed by atoms with E-state index in [1.807, 2.05) is 18.7 Å². The normalized spacial score (nSPS) is 15.6. The zero-order valence-electron chi connectivity index (χ0n) is 15.0. The van der Waals surface area contributed by atoms with Crippen molar-refractivity contribution in [3.63, 3.8) is 0 Å². The van der Waals surface area contributed by atoms with Gasteiger partial charge >= 0.3 is 0 Å². The van der Waals surface area contributed by atoms with E-state index in [2.05, 4.69) is 30.2 Å². The fourth-order valence-electron chi connectivity index (χ4n) is 2.68. The Morgan fingerprint density at radius 3 is 2.46 bits per heavy atom. The Labute approximate surface area is 151 Å². The largest absolute Gasteiger partial charge is 0.349 e. The minimum Gasteiger partial charge on any atom is -0.349 e. The molecule has 1 fully saturated rings. The molecule has 1 aliphatic rings. The standard InChI is InChI=1S/C17H23N7O2/c1-3-12(2)21-14(25)13-11-20-17(22-15(13)26)24-9-7-23(8-10-24)16-18-5-4-6-19-16/h4-6,11-12H,3,7-10H2,1-2H3,(H,21,25)(H,20,22,26)/t12-/m1/s1. The van der Waals surface area contributed by atoms with Crippen LogP contribution in [0.25, 0.3) is 0 Å². The number of hydrogen-bond acceptors (Lipinski definition) is 7. The summed E-state index contributed by atoms with van der Waals surface area (Å²) >= 11 is 0. The molecule has 1 atom stereocenters. The van der Waals surface area contributed by atoms with Gasteiger partial charge in [-0.15, -0.1) is 0 Å². The van der Waals surface area contributed by atoms with Crippen molar-refractivity contribution in [3.8, 4) is 0 Å². The van der Waals surface area contributed by atoms with Gasteiger partial charge in [-0.05, 0) is 19.4 Å². The second kappa shape index (κ2) is 7.94. The highest BCUT2D eigenvalue weighted by Crippen LogP contribution is 2.13. The maximum absolute atomic E-state index is 12.3. The van der Waals surface area contributed by atoms with Crippen LogP contribution >= 0.6 is 0 Å². The number of amides is 1. The SMILES string of the molecule is CC[C@@H](C)NC(=O)c1cnc(N2CCN(c3ncccn3)CC2)[nH]c1=O. The highest BCUT2D eigenvalue weighted by molar-refractivity contribution is 5.93. The van der Waals surface area contributed by atoms with Crippen molar-refractivity contribution in [2.45, 2.75) is 26.3 Å². The van der Waals surface area contributed by atoms with Crippen LogP contribution in [0.5, 0.6) is 0 Å². The van der Waals surface area contributed by atoms with Gasteiger partial charge in [-0.2, -0.15) is 0 Å². The number of piperazine rings is 1. The molecular formula is C17H23N7O2. The topological polar surface area (TPSA) is 107 Å². The van der Waals surface area contributed by atoms with Crippen LogP contribution in [0.4, 0.5) is 11.9 Å². The van der Waals surface area contributed by atoms with Crippen molar-refractivity contribution in [2.24, 2.45) is 0 Å². The van der Waals surface area contributed by atoms with Crippen LogP contribution in [-0.4, -0.2) is 58.1 Å². The molecular weight excluding hydrogens is 334 g/mol. The molecule has 2 aromatic rings. The predicted octanol–water partition coefficient (Wildman–Crippen LogP) is 0.415. The lowest BCUT2D eigenvalue weighted by atomic mass is 10.2. The zero-order valence-corrected chi connectivity index (χ0v) is 15.0. The molecule has 0 bridgehead atoms. The second-order valence-electron chi connectivity index (χ2n) is 6.26. The number of aromatic amines is 1. The first kappa shape index (κ1) is 17.8. The van der Waals surface area contributed by atoms with E-state index < -0.39 is 11.5 Å². The second-order valence-corrected chi connectivity index (χ2v) is 6.26. The fourth-order valence-corrected chi connectivity index (χ4v) is 2.68. The molecule has 0 unspecified atom stereocenters. The maximum atomic E-state index is 12.3. The number of carbonyl (C=O) groups is 1. The summed E-state index contributed by atoms with van der Waals surface area (Å²) in [6, 6.07) is 1.79. The number of nitrogens with zero attached hydrogens (tertiary/aromatic N) is 5. The highest BCUT2D eigenvalue weighted by atomic mass is 16.2. The number of nitrogens with one attached hydrogen (secondary N) is 2. The summed E-state index contributed by atoms with van der Waals surface area (Å²) in [6.07, 6.45) is 5.58. The molecule has 2 N–H and O–H groups in total. The minimum atomic E-state index is -0.426. The van der Waals surface area contributed by atoms with Gasteiger partial charge in [-0.3, -0.25) is 14.6 Å². The van der Waals surface area contributed by atoms with E-state index in [-0.39, 0.29) is 11.6 Å². The molecule has 9 heteroatoms. The van der Waals surface area contributed by atoms with Crippen LogP contribution in [0.2, 0.25) is 0 Å². The van der Waals surface area contributed by atoms with Gasteiger partial charge < -0.3 is 15.1 Å². The van der Waals surface area contributed by atoms with Crippen LogP contribution in [-0.2, 0) is 0 Å². The van der Waals surface area contributed by atoms with Crippen molar-refractivity contribution in [2.75, 3.05) is 36.0 Å². The summed E-state index contributed by atoms with van der Waals surface area (Å²) in [6.45, 7) is 6.67. The Morgan fingerprint density at radius 1 is 1.19 bits per heavy atom. The third-order valence-corrected chi connectivity index (χ3v) is 4.43. The Kier molecular flexibility index (Phi) is 5.45. The Hall–Kier alpha value is -2.97. The van der Waals surface area contributed by atoms with Crippen molar-refractivity contribution in [1.82, 2.24) is 25.3 Å². The number of hydrogen-bond donors (Lipinski definition) is 2. The predicted molar refractivity (Wildman–Crippen MR) is 98.5 cm³/mol. The van der Waals surface area contributed by atoms with E-state index in [9.17, 15) is 9.59 Å². The summed E-state index contributed by atoms with van der Waals surface area (Å²) in [7, 11) is 0. The first-order chi connectivity index (χ1) is 12.6. The molecule has 0 spiro atoms. The maximum Gasteiger partial charge on any atom is 0.265 e. The average molecular weight is 357 g/mol. The molecule has 1 amide bonds. The third kappa shape index (κ3) is 3.98. The first-order valence-electron chi connectivity index (χ1n) is 8.75. The highest BCUT2D eigenvalue weighted by Gasteiger charge is 2.21. The van der Waals surface area contributed by atoms with Crippen LogP contribution in [0.1, 0.15) is 30.6 Å². The van der Waals surface area contributed by atoms with Gasteiger partial charge in [-0.1, -0.05) is 6.92 Å². The molecule has 0 aliphatic carbocycles. The molecule has 1 saturated heterocycles. The van der Waals surface area contributed by atoms with Crippen molar-refractivity contribution in [1.29, 1.82) is 0 Å². The average Bonchev–Trinajstić information content (AvgIpc) is 2.68. The van der Waals surface area contributed by atoms with E-state index in [1.165, 1.54) is 6.20 Å². The molecule has 0 saturated carbocycles. The van der Waals surface area contributed by atoms with Gasteiger partial charge in [0.1, 0.15) is 5.56 Å². The van der Waals surface area contributed by atoms with E-state index >= 15 is 0 Å². The summed E-state index contributed by atoms with van der Waals surface area (Å²) < 4.78 is 0. The van der Waals surface area contributed by atoms with Gasteiger partial charge in [0.15, 0.2) is 0 Å². The first-order valence-corrected chi connectivity index (χ1v) is 8.75. The van der Waals surface area contributed by atoms with Gasteiger partial charge in [0.25, 0.3) is 11.5 Å². The van der Waals surface area contributed by atoms with E-state index in [0.717, 1.165) is 19.5 Å². The third-order valence-electron chi connectivity index (χ3n) is 4.43. The Morgan fingerprint density at radius 2 is 1.85 bits per heavy atom. The summed E-state index contributed by atoms with van der Waals surface area (Å²) in [4.78, 5) is 44.0. The quantitative estimate of drug-likeness (QED) is 0.798. The number of rotatable bonds is 5. The van der Waals surface area contributed by atoms with Crippen molar-refractivity contribution < 1.29 is 4.79 Å². The Balaban J connectivity index is 1.65. The van der Waals surface area contributed by atoms with Crippen LogP contribution in [0.15, 0.2) is 29.5 Å². The molecule has 0 aromatic carbocycles. The number of carbonyl (C=O) groups excluding carboxylic acids is 1. The molecule has 3 rings (SSSR count). The van der Waals surface area contributed by atoms with E-state index in [0.29, 0.717) is 25.0 Å². The fraction of sp³-hybridized carbons (Fsp3) is 0.471. The monoisotopic (exact) mass is 357 g/mol. The van der Waals surface area contributed by atoms with E-state index in [1.54, 1.807) is 18.5 Å². The van der Waals surface area contributed by atoms with Crippen molar-refractivity contribution in [3.05, 3.63) is 40.6 Å². The lowest BCUT2D eigenvalue weighted by Crippen LogP contribution is -2.48. The summed E-state index contributed by atoms with van der Waals surface area (Å²) in [5.41, 5.74) is -0.394. The van der Waals surface area contributed by atoms with Crippen molar-refractivity contribution >= 4 is 17.8 Å². The lowest BCUT2D eigenvalue weighted by molar-refractivity contribution is 0.0937. The lowest BCUT2D eigenvalue weighted by Gasteiger charge is -2.34. The van der Waals surface area contributed by atoms with Gasteiger partial charge in [0.05, 0.1) is 0 Å². The molecule has 2 aromatic heterocycles. The molecule has 9 nitrogen and oxygen atoms in total. The molecule has 0 radical (unpaired) electrons. The van der Waals surface area contributed by atoms with Gasteiger partial charge in [-0.25, -0.2) is 15.0 Å². The molecule has 1 aliphatic heterocycles.